The number of imide groups is 1. The van der Waals surface area contributed by atoms with Gasteiger partial charge in [0.1, 0.15) is 5.25 Å². The highest BCUT2D eigenvalue weighted by molar-refractivity contribution is 8.00. The molecule has 3 aromatic carbocycles. The maximum absolute atomic E-state index is 14.0. The number of benzene rings is 3. The summed E-state index contributed by atoms with van der Waals surface area (Å²) in [6, 6.07) is 15.4. The van der Waals surface area contributed by atoms with E-state index in [1.807, 2.05) is 0 Å². The van der Waals surface area contributed by atoms with Crippen LogP contribution in [0.25, 0.3) is 0 Å². The van der Waals surface area contributed by atoms with Crippen LogP contribution in [0, 0.1) is 5.92 Å². The molecule has 0 radical (unpaired) electrons. The van der Waals surface area contributed by atoms with Crippen LogP contribution >= 0.6 is 34.7 Å². The maximum Gasteiger partial charge on any atom is 0.416 e. The Morgan fingerprint density at radius 1 is 1.00 bits per heavy atom. The summed E-state index contributed by atoms with van der Waals surface area (Å²) in [6.07, 6.45) is -4.68. The molecule has 1 saturated heterocycles. The Labute approximate surface area is 272 Å². The van der Waals surface area contributed by atoms with Crippen molar-refractivity contribution < 1.29 is 37.0 Å². The molecule has 0 saturated carbocycles. The molecule has 1 aromatic heterocycles. The number of hydrogen-bond acceptors (Lipinski definition) is 8. The molecule has 3 atom stereocenters. The zero-order chi connectivity index (χ0) is 32.7. The van der Waals surface area contributed by atoms with Gasteiger partial charge in [0.25, 0.3) is 5.91 Å². The van der Waals surface area contributed by atoms with Gasteiger partial charge in [0.05, 0.1) is 28.8 Å². The van der Waals surface area contributed by atoms with Crippen molar-refractivity contribution in [2.45, 2.75) is 29.3 Å². The lowest BCUT2D eigenvalue weighted by atomic mass is 9.83. The summed E-state index contributed by atoms with van der Waals surface area (Å²) < 4.78 is 52.0. The second kappa shape index (κ2) is 12.5. The van der Waals surface area contributed by atoms with Gasteiger partial charge in [-0.05, 0) is 67.1 Å². The number of fused-ring (bicyclic) bond motifs is 2. The number of alkyl halides is 3. The normalized spacial score (nSPS) is 19.1. The summed E-state index contributed by atoms with van der Waals surface area (Å²) in [5, 5.41) is 2.62. The summed E-state index contributed by atoms with van der Waals surface area (Å²) in [7, 11) is 0. The Kier molecular flexibility index (Phi) is 8.61. The molecule has 46 heavy (non-hydrogen) atoms. The first-order chi connectivity index (χ1) is 21.9. The van der Waals surface area contributed by atoms with Crippen molar-refractivity contribution in [3.8, 4) is 11.5 Å². The third-order valence-electron chi connectivity index (χ3n) is 7.37. The Balaban J connectivity index is 1.32. The van der Waals surface area contributed by atoms with Crippen molar-refractivity contribution in [3.63, 3.8) is 0 Å². The summed E-state index contributed by atoms with van der Waals surface area (Å²) in [5.41, 5.74) is -0.141. The molecular formula is C31H23ClF3N3O6S2. The molecule has 3 unspecified atom stereocenters. The minimum absolute atomic E-state index is 0.189. The van der Waals surface area contributed by atoms with Crippen molar-refractivity contribution in [1.82, 2.24) is 4.98 Å². The lowest BCUT2D eigenvalue weighted by molar-refractivity contribution is -0.137. The Bertz CT molecular complexity index is 1900. The van der Waals surface area contributed by atoms with Gasteiger partial charge < -0.3 is 19.8 Å². The number of halogens is 4. The summed E-state index contributed by atoms with van der Waals surface area (Å²) in [5.74, 6) is -3.15. The molecule has 238 valence electrons. The molecule has 15 heteroatoms. The van der Waals surface area contributed by atoms with Crippen LogP contribution in [0.5, 0.6) is 11.5 Å². The van der Waals surface area contributed by atoms with Crippen LogP contribution < -0.4 is 24.6 Å². The quantitative estimate of drug-likeness (QED) is 0.208. The van der Waals surface area contributed by atoms with Gasteiger partial charge in [-0.15, -0.1) is 0 Å². The van der Waals surface area contributed by atoms with Crippen LogP contribution in [-0.2, 0) is 20.6 Å². The average molecular weight is 690 g/mol. The molecule has 1 fully saturated rings. The highest BCUT2D eigenvalue weighted by Gasteiger charge is 2.56. The molecule has 4 aromatic rings. The average Bonchev–Trinajstić information content (AvgIpc) is 3.51. The van der Waals surface area contributed by atoms with Gasteiger partial charge >= 0.3 is 11.0 Å². The van der Waals surface area contributed by atoms with Crippen molar-refractivity contribution in [3.05, 3.63) is 97.4 Å². The Morgan fingerprint density at radius 2 is 1.76 bits per heavy atom. The Morgan fingerprint density at radius 3 is 2.48 bits per heavy atom. The van der Waals surface area contributed by atoms with Crippen molar-refractivity contribution in [2.24, 2.45) is 5.92 Å². The van der Waals surface area contributed by atoms with Gasteiger partial charge in [0, 0.05) is 21.5 Å². The van der Waals surface area contributed by atoms with E-state index >= 15 is 0 Å². The van der Waals surface area contributed by atoms with E-state index in [4.69, 9.17) is 21.1 Å². The number of anilines is 2. The second-order valence-electron chi connectivity index (χ2n) is 10.3. The molecule has 6 rings (SSSR count). The molecule has 3 heterocycles. The lowest BCUT2D eigenvalue weighted by Gasteiger charge is -2.30. The number of ether oxygens (including phenoxy) is 2. The monoisotopic (exact) mass is 689 g/mol. The number of aromatic nitrogens is 1. The number of aromatic amines is 1. The van der Waals surface area contributed by atoms with Crippen LogP contribution in [-0.4, -0.2) is 41.2 Å². The fraction of sp³-hybridized carbons (Fsp3) is 0.226. The van der Waals surface area contributed by atoms with E-state index in [1.54, 1.807) is 49.4 Å². The van der Waals surface area contributed by atoms with Crippen LogP contribution in [0.3, 0.4) is 0 Å². The zero-order valence-corrected chi connectivity index (χ0v) is 26.1. The molecule has 0 spiro atoms. The highest BCUT2D eigenvalue weighted by atomic mass is 35.5. The summed E-state index contributed by atoms with van der Waals surface area (Å²) >= 11 is 7.79. The molecule has 0 bridgehead atoms. The van der Waals surface area contributed by atoms with Gasteiger partial charge in [-0.2, -0.15) is 13.2 Å². The van der Waals surface area contributed by atoms with Gasteiger partial charge in [-0.3, -0.25) is 19.2 Å². The lowest BCUT2D eigenvalue weighted by Crippen LogP contribution is -2.32. The van der Waals surface area contributed by atoms with Gasteiger partial charge in [-0.1, -0.05) is 46.8 Å². The van der Waals surface area contributed by atoms with E-state index in [-0.39, 0.29) is 35.3 Å². The number of H-pyrrole nitrogens is 1. The molecule has 3 amide bonds. The number of nitrogens with zero attached hydrogens (tertiary/aromatic N) is 1. The Hall–Kier alpha value is -4.27. The van der Waals surface area contributed by atoms with Crippen LogP contribution in [0.15, 0.2) is 76.6 Å². The molecule has 0 aliphatic carbocycles. The van der Waals surface area contributed by atoms with E-state index in [2.05, 4.69) is 10.3 Å². The predicted molar refractivity (Wildman–Crippen MR) is 167 cm³/mol. The van der Waals surface area contributed by atoms with Crippen molar-refractivity contribution in [2.75, 3.05) is 23.4 Å². The highest BCUT2D eigenvalue weighted by Crippen LogP contribution is 2.54. The number of nitrogens with one attached hydrogen (secondary N) is 2. The number of thiazole rings is 1. The van der Waals surface area contributed by atoms with E-state index in [0.29, 0.717) is 26.2 Å². The number of hydrogen-bond donors (Lipinski definition) is 2. The van der Waals surface area contributed by atoms with Crippen molar-refractivity contribution >= 4 is 63.8 Å². The third-order valence-corrected chi connectivity index (χ3v) is 10.0. The smallest absolute Gasteiger partial charge is 0.416 e. The van der Waals surface area contributed by atoms with Gasteiger partial charge in [0.2, 0.25) is 11.8 Å². The second-order valence-corrected chi connectivity index (χ2v) is 12.9. The SMILES string of the molecule is CCOc1cc(C2c3sc(=O)[nH]c3SC3C(=O)N(c4cccc(C(F)(F)F)c4)C(=O)C32)ccc1OCC(=O)Nc1ccc(Cl)cc1. The molecule has 2 aliphatic rings. The van der Waals surface area contributed by atoms with Gasteiger partial charge in [-0.25, -0.2) is 4.90 Å². The van der Waals surface area contributed by atoms with Crippen molar-refractivity contribution in [1.29, 1.82) is 0 Å². The zero-order valence-electron chi connectivity index (χ0n) is 23.7. The molecule has 9 nitrogen and oxygen atoms in total. The van der Waals surface area contributed by atoms with E-state index in [9.17, 15) is 32.3 Å². The number of thioether (sulfide) groups is 1. The first-order valence-corrected chi connectivity index (χ1v) is 15.9. The number of carbonyl (C=O) groups is 3. The number of rotatable bonds is 8. The number of amides is 3. The summed E-state index contributed by atoms with van der Waals surface area (Å²) in [4.78, 5) is 56.2. The minimum Gasteiger partial charge on any atom is -0.490 e. The molecule has 2 N–H and O–H groups in total. The van der Waals surface area contributed by atoms with Crippen LogP contribution in [0.2, 0.25) is 5.02 Å². The maximum atomic E-state index is 14.0. The fourth-order valence-corrected chi connectivity index (χ4v) is 8.07. The minimum atomic E-state index is -4.68. The topological polar surface area (TPSA) is 118 Å². The van der Waals surface area contributed by atoms with Gasteiger partial charge in [0.15, 0.2) is 18.1 Å². The molecule has 2 aliphatic heterocycles. The number of carbonyl (C=O) groups excluding carboxylic acids is 3. The summed E-state index contributed by atoms with van der Waals surface area (Å²) in [6.45, 7) is 1.63. The predicted octanol–water partition coefficient (Wildman–Crippen LogP) is 6.32. The third kappa shape index (κ3) is 6.11. The largest absolute Gasteiger partial charge is 0.490 e. The first-order valence-electron chi connectivity index (χ1n) is 13.8. The van der Waals surface area contributed by atoms with Crippen LogP contribution in [0.4, 0.5) is 24.5 Å². The van der Waals surface area contributed by atoms with E-state index in [1.165, 1.54) is 6.07 Å². The fourth-order valence-electron chi connectivity index (χ4n) is 5.43. The standard InChI is InChI=1S/C31H23ClF3N3O6S2/c1-2-43-21-12-15(6-11-20(21)44-14-22(39)36-18-9-7-17(32)8-10-18)23-24-26(45-27-25(23)46-30(42)37-27)29(41)38(28(24)40)19-5-3-4-16(13-19)31(33,34)35/h3-13,23-24,26H,2,14H2,1H3,(H,36,39)(H,37,42). The van der Waals surface area contributed by atoms with Crippen LogP contribution in [0.1, 0.15) is 28.8 Å². The molecular weight excluding hydrogens is 667 g/mol. The van der Waals surface area contributed by atoms with E-state index < -0.39 is 46.5 Å². The van der Waals surface area contributed by atoms with E-state index in [0.717, 1.165) is 46.2 Å². The first kappa shape index (κ1) is 31.7.